The SMILES string of the molecule is CC(=CCCC(F)(F)C(F)(F)C(F)(F)C(F)(F)C(F)(F)C(F)(F)C(F)(F)F)C(=O)O. The van der Waals surface area contributed by atoms with Crippen LogP contribution in [0.4, 0.5) is 65.9 Å². The van der Waals surface area contributed by atoms with Crippen molar-refractivity contribution < 1.29 is 75.8 Å². The Hall–Kier alpha value is -1.84. The molecular weight excluding hydrogens is 473 g/mol. The Morgan fingerprint density at radius 3 is 1.33 bits per heavy atom. The fourth-order valence-corrected chi connectivity index (χ4v) is 1.71. The summed E-state index contributed by atoms with van der Waals surface area (Å²) in [6.45, 7) is 0.696. The van der Waals surface area contributed by atoms with Crippen LogP contribution in [-0.4, -0.2) is 52.8 Å². The number of allylic oxidation sites excluding steroid dienone is 1. The van der Waals surface area contributed by atoms with Gasteiger partial charge >= 0.3 is 47.7 Å². The third kappa shape index (κ3) is 4.15. The predicted molar refractivity (Wildman–Crippen MR) is 66.4 cm³/mol. The molecule has 0 atom stereocenters. The Balaban J connectivity index is 6.23. The van der Waals surface area contributed by atoms with E-state index in [4.69, 9.17) is 5.11 Å². The maximum absolute atomic E-state index is 13.4. The first-order chi connectivity index (χ1) is 12.8. The number of carboxylic acid groups (broad SMARTS) is 1. The van der Waals surface area contributed by atoms with Gasteiger partial charge in [-0.05, 0) is 13.3 Å². The summed E-state index contributed by atoms with van der Waals surface area (Å²) in [5.41, 5.74) is -0.817. The van der Waals surface area contributed by atoms with E-state index in [1.807, 2.05) is 0 Å². The zero-order valence-electron chi connectivity index (χ0n) is 14.0. The van der Waals surface area contributed by atoms with E-state index in [9.17, 15) is 70.7 Å². The molecule has 17 heteroatoms. The summed E-state index contributed by atoms with van der Waals surface area (Å²) >= 11 is 0. The molecule has 1 N–H and O–H groups in total. The van der Waals surface area contributed by atoms with Crippen molar-refractivity contribution >= 4 is 5.97 Å². The van der Waals surface area contributed by atoms with Gasteiger partial charge in [-0.1, -0.05) is 6.08 Å². The van der Waals surface area contributed by atoms with Crippen LogP contribution in [-0.2, 0) is 4.79 Å². The minimum absolute atomic E-state index is 0.217. The normalized spacial score (nSPS) is 16.1. The molecular formula is C13H9F15O2. The summed E-state index contributed by atoms with van der Waals surface area (Å²) in [7, 11) is 0. The first-order valence-corrected chi connectivity index (χ1v) is 7.06. The van der Waals surface area contributed by atoms with Gasteiger partial charge < -0.3 is 5.11 Å². The summed E-state index contributed by atoms with van der Waals surface area (Å²) in [6, 6.07) is 0. The van der Waals surface area contributed by atoms with Crippen molar-refractivity contribution in [2.45, 2.75) is 61.5 Å². The Labute approximate surface area is 156 Å². The van der Waals surface area contributed by atoms with Crippen molar-refractivity contribution in [1.82, 2.24) is 0 Å². The van der Waals surface area contributed by atoms with E-state index >= 15 is 0 Å². The van der Waals surface area contributed by atoms with Crippen LogP contribution in [0.3, 0.4) is 0 Å². The van der Waals surface area contributed by atoms with Gasteiger partial charge in [0.2, 0.25) is 0 Å². The van der Waals surface area contributed by atoms with Gasteiger partial charge in [0, 0.05) is 12.0 Å². The molecule has 0 aliphatic heterocycles. The monoisotopic (exact) mass is 482 g/mol. The number of aliphatic carboxylic acids is 1. The largest absolute Gasteiger partial charge is 0.478 e. The number of carboxylic acids is 1. The minimum atomic E-state index is -8.32. The average Bonchev–Trinajstić information content (AvgIpc) is 2.52. The number of hydrogen-bond acceptors (Lipinski definition) is 1. The van der Waals surface area contributed by atoms with Gasteiger partial charge in [0.05, 0.1) is 0 Å². The lowest BCUT2D eigenvalue weighted by atomic mass is 9.89. The van der Waals surface area contributed by atoms with Crippen molar-refractivity contribution in [3.05, 3.63) is 11.6 Å². The summed E-state index contributed by atoms with van der Waals surface area (Å²) < 4.78 is 194. The number of alkyl halides is 15. The number of rotatable bonds is 9. The topological polar surface area (TPSA) is 37.3 Å². The van der Waals surface area contributed by atoms with E-state index in [1.54, 1.807) is 0 Å². The molecule has 0 saturated heterocycles. The highest BCUT2D eigenvalue weighted by Crippen LogP contribution is 2.62. The van der Waals surface area contributed by atoms with Crippen LogP contribution < -0.4 is 0 Å². The van der Waals surface area contributed by atoms with Crippen LogP contribution >= 0.6 is 0 Å². The van der Waals surface area contributed by atoms with Crippen molar-refractivity contribution in [2.24, 2.45) is 0 Å². The standard InChI is InChI=1S/C13H9F15O2/c1-5(6(29)30)3-2-4-7(14,15)8(16,17)9(18,19)10(20,21)11(22,23)12(24,25)13(26,27)28/h3H,2,4H2,1H3,(H,29,30). The summed E-state index contributed by atoms with van der Waals surface area (Å²) in [4.78, 5) is 10.4. The Morgan fingerprint density at radius 2 is 1.00 bits per heavy atom. The molecule has 30 heavy (non-hydrogen) atoms. The molecule has 0 aliphatic carbocycles. The number of hydrogen-bond donors (Lipinski definition) is 1. The second-order valence-electron chi connectivity index (χ2n) is 5.81. The van der Waals surface area contributed by atoms with Crippen LogP contribution in [0.5, 0.6) is 0 Å². The Bertz CT molecular complexity index is 675. The predicted octanol–water partition coefficient (Wildman–Crippen LogP) is 6.17. The van der Waals surface area contributed by atoms with Gasteiger partial charge in [-0.3, -0.25) is 0 Å². The molecule has 0 amide bonds. The van der Waals surface area contributed by atoms with E-state index in [0.29, 0.717) is 6.92 Å². The zero-order valence-corrected chi connectivity index (χ0v) is 14.0. The summed E-state index contributed by atoms with van der Waals surface area (Å²) in [6.07, 6.45) is -11.5. The van der Waals surface area contributed by atoms with Crippen LogP contribution in [0.1, 0.15) is 19.8 Å². The van der Waals surface area contributed by atoms with Crippen molar-refractivity contribution in [3.8, 4) is 0 Å². The molecule has 0 bridgehead atoms. The van der Waals surface area contributed by atoms with E-state index in [1.165, 1.54) is 0 Å². The second kappa shape index (κ2) is 7.69. The van der Waals surface area contributed by atoms with Crippen LogP contribution in [0.25, 0.3) is 0 Å². The Kier molecular flexibility index (Phi) is 7.22. The molecule has 2 nitrogen and oxygen atoms in total. The molecule has 0 spiro atoms. The highest BCUT2D eigenvalue weighted by molar-refractivity contribution is 5.85. The van der Waals surface area contributed by atoms with Gasteiger partial charge in [0.15, 0.2) is 0 Å². The second-order valence-corrected chi connectivity index (χ2v) is 5.81. The average molecular weight is 482 g/mol. The smallest absolute Gasteiger partial charge is 0.460 e. The zero-order chi connectivity index (χ0) is 24.8. The molecule has 0 rings (SSSR count). The molecule has 0 unspecified atom stereocenters. The quantitative estimate of drug-likeness (QED) is 0.315. The molecule has 0 aliphatic rings. The van der Waals surface area contributed by atoms with E-state index < -0.39 is 66.1 Å². The van der Waals surface area contributed by atoms with Crippen LogP contribution in [0, 0.1) is 0 Å². The Morgan fingerprint density at radius 1 is 0.667 bits per heavy atom. The molecule has 0 aromatic carbocycles. The lowest BCUT2D eigenvalue weighted by Gasteiger charge is -2.41. The van der Waals surface area contributed by atoms with Gasteiger partial charge in [-0.15, -0.1) is 0 Å². The first kappa shape index (κ1) is 28.2. The lowest BCUT2D eigenvalue weighted by molar-refractivity contribution is -0.452. The lowest BCUT2D eigenvalue weighted by Crippen LogP contribution is -2.72. The maximum Gasteiger partial charge on any atom is 0.460 e. The molecule has 0 fully saturated rings. The third-order valence-corrected chi connectivity index (χ3v) is 3.64. The van der Waals surface area contributed by atoms with Crippen molar-refractivity contribution in [3.63, 3.8) is 0 Å². The highest BCUT2D eigenvalue weighted by Gasteiger charge is 2.93. The fourth-order valence-electron chi connectivity index (χ4n) is 1.71. The molecule has 0 heterocycles. The van der Waals surface area contributed by atoms with E-state index in [2.05, 4.69) is 0 Å². The van der Waals surface area contributed by atoms with Gasteiger partial charge in [0.1, 0.15) is 0 Å². The third-order valence-electron chi connectivity index (χ3n) is 3.64. The number of carbonyl (C=O) groups is 1. The van der Waals surface area contributed by atoms with Crippen LogP contribution in [0.15, 0.2) is 11.6 Å². The van der Waals surface area contributed by atoms with E-state index in [0.717, 1.165) is 0 Å². The maximum atomic E-state index is 13.4. The van der Waals surface area contributed by atoms with Crippen LogP contribution in [0.2, 0.25) is 0 Å². The highest BCUT2D eigenvalue weighted by atomic mass is 19.4. The van der Waals surface area contributed by atoms with Crippen molar-refractivity contribution in [1.29, 1.82) is 0 Å². The first-order valence-electron chi connectivity index (χ1n) is 7.06. The van der Waals surface area contributed by atoms with Gasteiger partial charge in [0.25, 0.3) is 0 Å². The van der Waals surface area contributed by atoms with E-state index in [-0.39, 0.29) is 6.08 Å². The number of halogens is 15. The summed E-state index contributed by atoms with van der Waals surface area (Å²) in [5.74, 6) is -48.5. The molecule has 0 radical (unpaired) electrons. The molecule has 0 saturated carbocycles. The molecule has 0 aromatic heterocycles. The molecule has 0 aromatic rings. The fraction of sp³-hybridized carbons (Fsp3) is 0.769. The van der Waals surface area contributed by atoms with Crippen molar-refractivity contribution in [2.75, 3.05) is 0 Å². The van der Waals surface area contributed by atoms with Gasteiger partial charge in [-0.2, -0.15) is 65.9 Å². The minimum Gasteiger partial charge on any atom is -0.478 e. The van der Waals surface area contributed by atoms with Gasteiger partial charge in [-0.25, -0.2) is 4.79 Å². The molecule has 178 valence electrons. The summed E-state index contributed by atoms with van der Waals surface area (Å²) in [5, 5.41) is 8.37.